The molecule has 1 aromatic rings. The average Bonchev–Trinajstić information content (AvgIpc) is 3.32. The molecule has 0 spiro atoms. The van der Waals surface area contributed by atoms with E-state index in [0.29, 0.717) is 24.6 Å². The van der Waals surface area contributed by atoms with E-state index in [1.54, 1.807) is 6.07 Å². The van der Waals surface area contributed by atoms with Crippen LogP contribution in [0, 0.1) is 17.8 Å². The standard InChI is InChI=1S/C18H24N2O3/c21-17(16-10-12-1-2-13(16)9-12)19-15-3-6-20(7-4-15)18(22)14-5-8-23-11-14/h5,8,11-13,15-16H,1-4,6-7,9-10H2,(H,19,21). The molecule has 1 saturated heterocycles. The van der Waals surface area contributed by atoms with Gasteiger partial charge in [-0.05, 0) is 50.0 Å². The number of fused-ring (bicyclic) bond motifs is 2. The number of nitrogens with one attached hydrogen (secondary N) is 1. The molecule has 3 aliphatic rings. The van der Waals surface area contributed by atoms with Gasteiger partial charge in [0.1, 0.15) is 6.26 Å². The van der Waals surface area contributed by atoms with Gasteiger partial charge in [0.15, 0.2) is 0 Å². The van der Waals surface area contributed by atoms with E-state index in [0.717, 1.165) is 25.2 Å². The van der Waals surface area contributed by atoms with Gasteiger partial charge < -0.3 is 14.6 Å². The predicted molar refractivity (Wildman–Crippen MR) is 84.7 cm³/mol. The third-order valence-electron chi connectivity index (χ3n) is 5.97. The molecule has 2 heterocycles. The number of hydrogen-bond acceptors (Lipinski definition) is 3. The predicted octanol–water partition coefficient (Wildman–Crippen LogP) is 2.44. The van der Waals surface area contributed by atoms with Crippen LogP contribution >= 0.6 is 0 Å². The Morgan fingerprint density at radius 2 is 1.96 bits per heavy atom. The van der Waals surface area contributed by atoms with Gasteiger partial charge in [0.05, 0.1) is 11.8 Å². The summed E-state index contributed by atoms with van der Waals surface area (Å²) in [5.41, 5.74) is 0.606. The van der Waals surface area contributed by atoms with Crippen molar-refractivity contribution in [1.82, 2.24) is 10.2 Å². The molecular weight excluding hydrogens is 292 g/mol. The molecule has 5 nitrogen and oxygen atoms in total. The first-order valence-electron chi connectivity index (χ1n) is 8.82. The summed E-state index contributed by atoms with van der Waals surface area (Å²) in [6.45, 7) is 1.40. The second kappa shape index (κ2) is 6.02. The summed E-state index contributed by atoms with van der Waals surface area (Å²) in [7, 11) is 0. The minimum Gasteiger partial charge on any atom is -0.472 e. The van der Waals surface area contributed by atoms with E-state index in [9.17, 15) is 9.59 Å². The molecule has 1 aliphatic heterocycles. The van der Waals surface area contributed by atoms with Crippen molar-refractivity contribution in [3.05, 3.63) is 24.2 Å². The molecule has 0 aromatic carbocycles. The van der Waals surface area contributed by atoms with Crippen molar-refractivity contribution < 1.29 is 14.0 Å². The molecule has 23 heavy (non-hydrogen) atoms. The fraction of sp³-hybridized carbons (Fsp3) is 0.667. The molecule has 2 aliphatic carbocycles. The first-order valence-corrected chi connectivity index (χ1v) is 8.82. The third kappa shape index (κ3) is 2.89. The van der Waals surface area contributed by atoms with Gasteiger partial charge in [0, 0.05) is 25.0 Å². The van der Waals surface area contributed by atoms with E-state index < -0.39 is 0 Å². The number of carbonyl (C=O) groups excluding carboxylic acids is 2. The highest BCUT2D eigenvalue weighted by Gasteiger charge is 2.43. The van der Waals surface area contributed by atoms with Crippen LogP contribution in [0.25, 0.3) is 0 Å². The second-order valence-corrected chi connectivity index (χ2v) is 7.37. The maximum Gasteiger partial charge on any atom is 0.257 e. The van der Waals surface area contributed by atoms with Crippen molar-refractivity contribution in [2.45, 2.75) is 44.6 Å². The molecule has 2 saturated carbocycles. The van der Waals surface area contributed by atoms with Gasteiger partial charge in [-0.2, -0.15) is 0 Å². The average molecular weight is 316 g/mol. The zero-order chi connectivity index (χ0) is 15.8. The van der Waals surface area contributed by atoms with Crippen LogP contribution in [-0.2, 0) is 4.79 Å². The van der Waals surface area contributed by atoms with Gasteiger partial charge in [0.2, 0.25) is 5.91 Å². The first kappa shape index (κ1) is 14.8. The molecule has 3 unspecified atom stereocenters. The van der Waals surface area contributed by atoms with Gasteiger partial charge in [-0.3, -0.25) is 9.59 Å². The Hall–Kier alpha value is -1.78. The number of piperidine rings is 1. The minimum atomic E-state index is 0.0247. The van der Waals surface area contributed by atoms with E-state index in [1.165, 1.54) is 31.8 Å². The highest BCUT2D eigenvalue weighted by molar-refractivity contribution is 5.93. The lowest BCUT2D eigenvalue weighted by atomic mass is 9.87. The van der Waals surface area contributed by atoms with E-state index >= 15 is 0 Å². The molecular formula is C18H24N2O3. The highest BCUT2D eigenvalue weighted by atomic mass is 16.3. The number of hydrogen-bond donors (Lipinski definition) is 1. The van der Waals surface area contributed by atoms with Crippen LogP contribution in [0.3, 0.4) is 0 Å². The molecule has 1 N–H and O–H groups in total. The summed E-state index contributed by atoms with van der Waals surface area (Å²) < 4.78 is 4.98. The smallest absolute Gasteiger partial charge is 0.257 e. The Morgan fingerprint density at radius 1 is 1.13 bits per heavy atom. The van der Waals surface area contributed by atoms with Crippen LogP contribution in [0.2, 0.25) is 0 Å². The topological polar surface area (TPSA) is 62.6 Å². The molecule has 0 radical (unpaired) electrons. The summed E-state index contributed by atoms with van der Waals surface area (Å²) in [6, 6.07) is 1.92. The second-order valence-electron chi connectivity index (χ2n) is 7.37. The van der Waals surface area contributed by atoms with Crippen molar-refractivity contribution in [1.29, 1.82) is 0 Å². The van der Waals surface area contributed by atoms with Crippen LogP contribution in [0.4, 0.5) is 0 Å². The number of carbonyl (C=O) groups is 2. The van der Waals surface area contributed by atoms with E-state index in [2.05, 4.69) is 5.32 Å². The normalized spacial score (nSPS) is 30.6. The maximum absolute atomic E-state index is 12.5. The van der Waals surface area contributed by atoms with Gasteiger partial charge in [-0.15, -0.1) is 0 Å². The fourth-order valence-corrected chi connectivity index (χ4v) is 4.67. The Morgan fingerprint density at radius 3 is 2.57 bits per heavy atom. The summed E-state index contributed by atoms with van der Waals surface area (Å²) in [4.78, 5) is 26.6. The summed E-state index contributed by atoms with van der Waals surface area (Å²) >= 11 is 0. The lowest BCUT2D eigenvalue weighted by molar-refractivity contribution is -0.127. The van der Waals surface area contributed by atoms with Gasteiger partial charge in [-0.25, -0.2) is 0 Å². The highest BCUT2D eigenvalue weighted by Crippen LogP contribution is 2.48. The summed E-state index contributed by atoms with van der Waals surface area (Å²) in [6.07, 6.45) is 9.61. The molecule has 3 atom stereocenters. The molecule has 2 bridgehead atoms. The molecule has 3 fully saturated rings. The first-order chi connectivity index (χ1) is 11.2. The zero-order valence-electron chi connectivity index (χ0n) is 13.4. The van der Waals surface area contributed by atoms with Crippen molar-refractivity contribution in [3.8, 4) is 0 Å². The van der Waals surface area contributed by atoms with Crippen LogP contribution < -0.4 is 5.32 Å². The van der Waals surface area contributed by atoms with Crippen molar-refractivity contribution in [2.24, 2.45) is 17.8 Å². The summed E-state index contributed by atoms with van der Waals surface area (Å²) in [5.74, 6) is 1.96. The van der Waals surface area contributed by atoms with Crippen LogP contribution in [0.5, 0.6) is 0 Å². The number of furan rings is 1. The molecule has 5 heteroatoms. The molecule has 1 aromatic heterocycles. The van der Waals surface area contributed by atoms with Crippen molar-refractivity contribution in [2.75, 3.05) is 13.1 Å². The molecule has 4 rings (SSSR count). The Bertz CT molecular complexity index is 575. The van der Waals surface area contributed by atoms with E-state index in [1.807, 2.05) is 4.90 Å². The Kier molecular flexibility index (Phi) is 3.87. The number of nitrogens with zero attached hydrogens (tertiary/aromatic N) is 1. The van der Waals surface area contributed by atoms with E-state index in [4.69, 9.17) is 4.42 Å². The number of amides is 2. The quantitative estimate of drug-likeness (QED) is 0.931. The van der Waals surface area contributed by atoms with Gasteiger partial charge in [0.25, 0.3) is 5.91 Å². The molecule has 124 valence electrons. The van der Waals surface area contributed by atoms with Crippen molar-refractivity contribution in [3.63, 3.8) is 0 Å². The number of rotatable bonds is 3. The van der Waals surface area contributed by atoms with Crippen molar-refractivity contribution >= 4 is 11.8 Å². The van der Waals surface area contributed by atoms with E-state index in [-0.39, 0.29) is 23.8 Å². The Balaban J connectivity index is 1.27. The maximum atomic E-state index is 12.5. The fourth-order valence-electron chi connectivity index (χ4n) is 4.67. The zero-order valence-corrected chi connectivity index (χ0v) is 13.4. The Labute approximate surface area is 136 Å². The van der Waals surface area contributed by atoms with Crippen LogP contribution in [0.1, 0.15) is 48.9 Å². The van der Waals surface area contributed by atoms with Crippen LogP contribution in [-0.4, -0.2) is 35.8 Å². The van der Waals surface area contributed by atoms with Crippen LogP contribution in [0.15, 0.2) is 23.0 Å². The molecule has 2 amide bonds. The minimum absolute atomic E-state index is 0.0247. The summed E-state index contributed by atoms with van der Waals surface area (Å²) in [5, 5.41) is 3.24. The van der Waals surface area contributed by atoms with Gasteiger partial charge >= 0.3 is 0 Å². The SMILES string of the molecule is O=C(NC1CCN(C(=O)c2ccoc2)CC1)C1CC2CCC1C2. The number of likely N-dealkylation sites (tertiary alicyclic amines) is 1. The largest absolute Gasteiger partial charge is 0.472 e. The lowest BCUT2D eigenvalue weighted by Gasteiger charge is -2.33. The van der Waals surface area contributed by atoms with Gasteiger partial charge in [-0.1, -0.05) is 6.42 Å². The lowest BCUT2D eigenvalue weighted by Crippen LogP contribution is -2.48. The third-order valence-corrected chi connectivity index (χ3v) is 5.97. The monoisotopic (exact) mass is 316 g/mol.